The Morgan fingerprint density at radius 3 is 2.78 bits per heavy atom. The summed E-state index contributed by atoms with van der Waals surface area (Å²) in [5, 5.41) is 2.76. The topological polar surface area (TPSA) is 132 Å². The Labute approximate surface area is 104 Å². The average molecular weight is 246 g/mol. The minimum atomic E-state index is -0.144. The van der Waals surface area contributed by atoms with E-state index < -0.39 is 0 Å². The van der Waals surface area contributed by atoms with Gasteiger partial charge in [-0.1, -0.05) is 12.1 Å². The van der Waals surface area contributed by atoms with Crippen molar-refractivity contribution in [3.05, 3.63) is 29.3 Å². The molecule has 0 bridgehead atoms. The third-order valence-electron chi connectivity index (χ3n) is 2.54. The summed E-state index contributed by atoms with van der Waals surface area (Å²) in [5.41, 5.74) is 18.5. The zero-order valence-corrected chi connectivity index (χ0v) is 9.68. The van der Waals surface area contributed by atoms with Gasteiger partial charge in [-0.25, -0.2) is 4.99 Å². The molecule has 1 aliphatic heterocycles. The number of hydrogen-bond donors (Lipinski definition) is 4. The molecule has 1 amide bonds. The van der Waals surface area contributed by atoms with Gasteiger partial charge in [0.15, 0.2) is 5.96 Å². The van der Waals surface area contributed by atoms with Crippen molar-refractivity contribution >= 4 is 23.5 Å². The average Bonchev–Trinajstić information content (AvgIpc) is 2.27. The summed E-state index contributed by atoms with van der Waals surface area (Å²) in [6.45, 7) is 0.433. The molecule has 0 fully saturated rings. The molecule has 0 unspecified atom stereocenters. The van der Waals surface area contributed by atoms with E-state index in [9.17, 15) is 4.79 Å². The molecule has 7 nitrogen and oxygen atoms in total. The van der Waals surface area contributed by atoms with Gasteiger partial charge in [0, 0.05) is 12.1 Å². The van der Waals surface area contributed by atoms with Gasteiger partial charge in [-0.15, -0.1) is 0 Å². The second-order valence-electron chi connectivity index (χ2n) is 3.87. The number of amides is 1. The number of carbonyl (C=O) groups excluding carboxylic acids is 1. The van der Waals surface area contributed by atoms with Crippen molar-refractivity contribution in [1.82, 2.24) is 5.32 Å². The first-order valence-corrected chi connectivity index (χ1v) is 5.37. The van der Waals surface area contributed by atoms with Crippen molar-refractivity contribution in [2.75, 3.05) is 0 Å². The van der Waals surface area contributed by atoms with Crippen LogP contribution in [0, 0.1) is 0 Å². The van der Waals surface area contributed by atoms with E-state index in [0.29, 0.717) is 18.7 Å². The minimum Gasteiger partial charge on any atom is -0.370 e. The number of fused-ring (bicyclic) bond motifs is 1. The molecule has 0 spiro atoms. The normalized spacial score (nSPS) is 14.7. The summed E-state index contributed by atoms with van der Waals surface area (Å²) in [4.78, 5) is 19.1. The second-order valence-corrected chi connectivity index (χ2v) is 3.87. The van der Waals surface area contributed by atoms with Crippen molar-refractivity contribution < 1.29 is 4.79 Å². The molecule has 94 valence electrons. The zero-order valence-electron chi connectivity index (χ0n) is 9.68. The fourth-order valence-electron chi connectivity index (χ4n) is 1.80. The predicted octanol–water partition coefficient (Wildman–Crippen LogP) is -0.921. The van der Waals surface area contributed by atoms with Crippen LogP contribution in [-0.4, -0.2) is 17.8 Å². The highest BCUT2D eigenvalue weighted by molar-refractivity contribution is 5.94. The molecule has 0 atom stereocenters. The standard InChI is InChI=1S/C11H14N6O/c12-10(13)17-11(14)16-8-3-1-2-6-4-9(18)15-5-7(6)8/h1-3H,4-5H2,(H,15,18)(H6,12,13,14,16,17). The molecule has 7 heteroatoms. The number of guanidine groups is 2. The highest BCUT2D eigenvalue weighted by Gasteiger charge is 2.17. The van der Waals surface area contributed by atoms with Crippen molar-refractivity contribution in [2.45, 2.75) is 13.0 Å². The Balaban J connectivity index is 2.38. The van der Waals surface area contributed by atoms with Crippen molar-refractivity contribution in [3.63, 3.8) is 0 Å². The van der Waals surface area contributed by atoms with E-state index in [0.717, 1.165) is 11.1 Å². The quantitative estimate of drug-likeness (QED) is 0.376. The molecule has 0 saturated heterocycles. The smallest absolute Gasteiger partial charge is 0.224 e. The summed E-state index contributed by atoms with van der Waals surface area (Å²) in [7, 11) is 0. The van der Waals surface area contributed by atoms with E-state index in [-0.39, 0.29) is 17.8 Å². The fraction of sp³-hybridized carbons (Fsp3) is 0.182. The van der Waals surface area contributed by atoms with Gasteiger partial charge in [-0.2, -0.15) is 4.99 Å². The summed E-state index contributed by atoms with van der Waals surface area (Å²) in [5.74, 6) is -0.157. The zero-order chi connectivity index (χ0) is 13.1. The van der Waals surface area contributed by atoms with Crippen LogP contribution in [0.5, 0.6) is 0 Å². The van der Waals surface area contributed by atoms with E-state index in [1.165, 1.54) is 0 Å². The summed E-state index contributed by atoms with van der Waals surface area (Å²) in [6, 6.07) is 5.51. The molecule has 0 aromatic heterocycles. The molecule has 0 aliphatic carbocycles. The Kier molecular flexibility index (Phi) is 3.13. The van der Waals surface area contributed by atoms with E-state index >= 15 is 0 Å². The lowest BCUT2D eigenvalue weighted by molar-refractivity contribution is -0.121. The number of nitrogens with zero attached hydrogens (tertiary/aromatic N) is 2. The van der Waals surface area contributed by atoms with Crippen molar-refractivity contribution in [1.29, 1.82) is 0 Å². The highest BCUT2D eigenvalue weighted by atomic mass is 16.1. The lowest BCUT2D eigenvalue weighted by Gasteiger charge is -2.18. The van der Waals surface area contributed by atoms with E-state index in [1.54, 1.807) is 6.07 Å². The van der Waals surface area contributed by atoms with Gasteiger partial charge in [0.2, 0.25) is 11.9 Å². The number of carbonyl (C=O) groups is 1. The molecule has 0 saturated carbocycles. The van der Waals surface area contributed by atoms with Gasteiger partial charge >= 0.3 is 0 Å². The van der Waals surface area contributed by atoms with E-state index in [1.807, 2.05) is 12.1 Å². The number of hydrogen-bond acceptors (Lipinski definition) is 2. The molecule has 7 N–H and O–H groups in total. The first-order chi connectivity index (χ1) is 8.56. The molecule has 2 rings (SSSR count). The van der Waals surface area contributed by atoms with Crippen molar-refractivity contribution in [2.24, 2.45) is 27.2 Å². The third kappa shape index (κ3) is 2.57. The highest BCUT2D eigenvalue weighted by Crippen LogP contribution is 2.25. The van der Waals surface area contributed by atoms with Gasteiger partial charge in [0.05, 0.1) is 12.1 Å². The van der Waals surface area contributed by atoms with Crippen LogP contribution in [0.3, 0.4) is 0 Å². The number of benzene rings is 1. The van der Waals surface area contributed by atoms with Gasteiger partial charge in [0.1, 0.15) is 0 Å². The maximum atomic E-state index is 11.3. The number of rotatable bonds is 1. The Hall–Kier alpha value is -2.57. The lowest BCUT2D eigenvalue weighted by Crippen LogP contribution is -2.30. The Morgan fingerprint density at radius 1 is 1.28 bits per heavy atom. The maximum Gasteiger partial charge on any atom is 0.224 e. The van der Waals surface area contributed by atoms with Crippen LogP contribution < -0.4 is 22.5 Å². The summed E-state index contributed by atoms with van der Waals surface area (Å²) < 4.78 is 0. The van der Waals surface area contributed by atoms with E-state index in [2.05, 4.69) is 15.3 Å². The molecule has 1 aromatic carbocycles. The van der Waals surface area contributed by atoms with Crippen LogP contribution in [0.2, 0.25) is 0 Å². The third-order valence-corrected chi connectivity index (χ3v) is 2.54. The molecule has 18 heavy (non-hydrogen) atoms. The van der Waals surface area contributed by atoms with Crippen molar-refractivity contribution in [3.8, 4) is 0 Å². The molecule has 1 heterocycles. The van der Waals surface area contributed by atoms with Crippen LogP contribution in [-0.2, 0) is 17.8 Å². The Bertz CT molecular complexity index is 544. The largest absolute Gasteiger partial charge is 0.370 e. The van der Waals surface area contributed by atoms with Crippen LogP contribution in [0.15, 0.2) is 28.2 Å². The molecule has 1 aromatic rings. The number of nitrogens with one attached hydrogen (secondary N) is 1. The van der Waals surface area contributed by atoms with Crippen LogP contribution >= 0.6 is 0 Å². The second kappa shape index (κ2) is 4.74. The monoisotopic (exact) mass is 246 g/mol. The molecule has 1 aliphatic rings. The molecule has 0 radical (unpaired) electrons. The summed E-state index contributed by atoms with van der Waals surface area (Å²) >= 11 is 0. The summed E-state index contributed by atoms with van der Waals surface area (Å²) in [6.07, 6.45) is 0.348. The SMILES string of the molecule is NC(N)=NC(N)=Nc1cccc2c1CNC(=O)C2. The van der Waals surface area contributed by atoms with Crippen LogP contribution in [0.25, 0.3) is 0 Å². The fourth-order valence-corrected chi connectivity index (χ4v) is 1.80. The molecular weight excluding hydrogens is 232 g/mol. The van der Waals surface area contributed by atoms with Gasteiger partial charge in [-0.05, 0) is 11.6 Å². The van der Waals surface area contributed by atoms with E-state index in [4.69, 9.17) is 17.2 Å². The number of aliphatic imine (C=N–C) groups is 2. The van der Waals surface area contributed by atoms with Crippen LogP contribution in [0.4, 0.5) is 5.69 Å². The first kappa shape index (κ1) is 11.9. The number of nitrogens with two attached hydrogens (primary N) is 3. The van der Waals surface area contributed by atoms with Gasteiger partial charge < -0.3 is 22.5 Å². The van der Waals surface area contributed by atoms with Gasteiger partial charge in [0.25, 0.3) is 0 Å². The maximum absolute atomic E-state index is 11.3. The Morgan fingerprint density at radius 2 is 2.06 bits per heavy atom. The first-order valence-electron chi connectivity index (χ1n) is 5.37. The van der Waals surface area contributed by atoms with Gasteiger partial charge in [-0.3, -0.25) is 4.79 Å². The predicted molar refractivity (Wildman–Crippen MR) is 69.1 cm³/mol. The minimum absolute atomic E-state index is 0.000764. The van der Waals surface area contributed by atoms with Crippen LogP contribution in [0.1, 0.15) is 11.1 Å². The lowest BCUT2D eigenvalue weighted by atomic mass is 9.99. The molecular formula is C11H14N6O.